The molecule has 1 aliphatic rings. The molecule has 0 aromatic carbocycles. The van der Waals surface area contributed by atoms with Crippen molar-refractivity contribution in [2.75, 3.05) is 19.3 Å². The summed E-state index contributed by atoms with van der Waals surface area (Å²) >= 11 is 0. The second kappa shape index (κ2) is 5.90. The molecule has 6 heteroatoms. The van der Waals surface area contributed by atoms with E-state index >= 15 is 0 Å². The Labute approximate surface area is 92.3 Å². The van der Waals surface area contributed by atoms with Gasteiger partial charge in [-0.15, -0.1) is 12.4 Å². The van der Waals surface area contributed by atoms with Gasteiger partial charge in [-0.3, -0.25) is 0 Å². The van der Waals surface area contributed by atoms with E-state index in [4.69, 9.17) is 0 Å². The highest BCUT2D eigenvalue weighted by molar-refractivity contribution is 7.88. The van der Waals surface area contributed by atoms with Crippen LogP contribution in [0.1, 0.15) is 19.8 Å². The lowest BCUT2D eigenvalue weighted by molar-refractivity contribution is 0.320. The van der Waals surface area contributed by atoms with Crippen molar-refractivity contribution in [2.24, 2.45) is 5.92 Å². The van der Waals surface area contributed by atoms with Crippen LogP contribution in [0.15, 0.2) is 0 Å². The molecule has 2 N–H and O–H groups in total. The Bertz CT molecular complexity index is 250. The first-order valence-electron chi connectivity index (χ1n) is 4.67. The van der Waals surface area contributed by atoms with Crippen LogP contribution in [0.5, 0.6) is 0 Å². The SMILES string of the molecule is CC(NS(C)(=O)=O)C1CCCNC1.Cl. The third-order valence-corrected chi connectivity index (χ3v) is 3.24. The minimum Gasteiger partial charge on any atom is -0.316 e. The highest BCUT2D eigenvalue weighted by Gasteiger charge is 2.21. The smallest absolute Gasteiger partial charge is 0.208 e. The van der Waals surface area contributed by atoms with Crippen molar-refractivity contribution in [3.05, 3.63) is 0 Å². The third-order valence-electron chi connectivity index (χ3n) is 2.44. The third kappa shape index (κ3) is 5.14. The van der Waals surface area contributed by atoms with Crippen molar-refractivity contribution in [3.63, 3.8) is 0 Å². The highest BCUT2D eigenvalue weighted by Crippen LogP contribution is 2.14. The molecule has 0 radical (unpaired) electrons. The highest BCUT2D eigenvalue weighted by atomic mass is 35.5. The fraction of sp³-hybridized carbons (Fsp3) is 1.00. The molecule has 0 aromatic rings. The van der Waals surface area contributed by atoms with Crippen LogP contribution in [0.2, 0.25) is 0 Å². The number of hydrogen-bond acceptors (Lipinski definition) is 3. The fourth-order valence-electron chi connectivity index (χ4n) is 1.74. The standard InChI is InChI=1S/C8H18N2O2S.ClH/c1-7(10-13(2,11)12)8-4-3-5-9-6-8;/h7-10H,3-6H2,1-2H3;1H. The van der Waals surface area contributed by atoms with Crippen LogP contribution < -0.4 is 10.0 Å². The molecule has 86 valence electrons. The average Bonchev–Trinajstić information content (AvgIpc) is 2.03. The maximum atomic E-state index is 11.0. The zero-order chi connectivity index (χ0) is 9.90. The molecular weight excluding hydrogens is 224 g/mol. The molecule has 1 aliphatic heterocycles. The maximum absolute atomic E-state index is 11.0. The van der Waals surface area contributed by atoms with E-state index in [2.05, 4.69) is 10.0 Å². The number of halogens is 1. The van der Waals surface area contributed by atoms with E-state index in [1.165, 1.54) is 6.26 Å². The van der Waals surface area contributed by atoms with E-state index in [0.29, 0.717) is 5.92 Å². The Morgan fingerprint density at radius 1 is 1.50 bits per heavy atom. The Morgan fingerprint density at radius 2 is 2.14 bits per heavy atom. The van der Waals surface area contributed by atoms with Crippen LogP contribution in [0, 0.1) is 5.92 Å². The summed E-state index contributed by atoms with van der Waals surface area (Å²) in [6.45, 7) is 3.91. The summed E-state index contributed by atoms with van der Waals surface area (Å²) < 4.78 is 24.5. The molecule has 1 rings (SSSR count). The lowest BCUT2D eigenvalue weighted by Crippen LogP contribution is -2.44. The van der Waals surface area contributed by atoms with E-state index < -0.39 is 10.0 Å². The first-order valence-corrected chi connectivity index (χ1v) is 6.56. The van der Waals surface area contributed by atoms with Gasteiger partial charge in [0, 0.05) is 6.04 Å². The molecular formula is C8H19ClN2O2S. The normalized spacial score (nSPS) is 25.1. The van der Waals surface area contributed by atoms with Crippen LogP contribution in [-0.4, -0.2) is 33.8 Å². The van der Waals surface area contributed by atoms with E-state index in [-0.39, 0.29) is 18.4 Å². The van der Waals surface area contributed by atoms with E-state index in [1.54, 1.807) is 0 Å². The zero-order valence-electron chi connectivity index (χ0n) is 8.62. The molecule has 0 spiro atoms. The summed E-state index contributed by atoms with van der Waals surface area (Å²) in [7, 11) is -3.05. The van der Waals surface area contributed by atoms with Crippen LogP contribution >= 0.6 is 12.4 Å². The largest absolute Gasteiger partial charge is 0.316 e. The monoisotopic (exact) mass is 242 g/mol. The lowest BCUT2D eigenvalue weighted by Gasteiger charge is -2.28. The van der Waals surface area contributed by atoms with Gasteiger partial charge in [0.05, 0.1) is 6.26 Å². The van der Waals surface area contributed by atoms with Gasteiger partial charge in [0.25, 0.3) is 0 Å². The number of hydrogen-bond donors (Lipinski definition) is 2. The average molecular weight is 243 g/mol. The molecule has 0 amide bonds. The number of nitrogens with one attached hydrogen (secondary N) is 2. The summed E-state index contributed by atoms with van der Waals surface area (Å²) in [5.41, 5.74) is 0. The van der Waals surface area contributed by atoms with Crippen LogP contribution in [0.4, 0.5) is 0 Å². The van der Waals surface area contributed by atoms with Gasteiger partial charge in [-0.1, -0.05) is 0 Å². The van der Waals surface area contributed by atoms with Crippen molar-refractivity contribution < 1.29 is 8.42 Å². The minimum atomic E-state index is -3.05. The van der Waals surface area contributed by atoms with Crippen LogP contribution in [0.3, 0.4) is 0 Å². The second-order valence-electron chi connectivity index (χ2n) is 3.79. The van der Waals surface area contributed by atoms with Gasteiger partial charge in [0.15, 0.2) is 0 Å². The summed E-state index contributed by atoms with van der Waals surface area (Å²) in [5.74, 6) is 0.434. The number of sulfonamides is 1. The molecule has 1 saturated heterocycles. The molecule has 0 saturated carbocycles. The van der Waals surface area contributed by atoms with Crippen molar-refractivity contribution in [1.82, 2.24) is 10.0 Å². The molecule has 14 heavy (non-hydrogen) atoms. The molecule has 1 heterocycles. The van der Waals surface area contributed by atoms with E-state index in [0.717, 1.165) is 25.9 Å². The van der Waals surface area contributed by atoms with Crippen LogP contribution in [0.25, 0.3) is 0 Å². The molecule has 1 fully saturated rings. The summed E-state index contributed by atoms with van der Waals surface area (Å²) in [4.78, 5) is 0. The molecule has 2 atom stereocenters. The predicted molar refractivity (Wildman–Crippen MR) is 60.3 cm³/mol. The summed E-state index contributed by atoms with van der Waals surface area (Å²) in [6, 6.07) is 0.0443. The number of rotatable bonds is 3. The Morgan fingerprint density at radius 3 is 2.57 bits per heavy atom. The van der Waals surface area contributed by atoms with E-state index in [1.807, 2.05) is 6.92 Å². The van der Waals surface area contributed by atoms with Gasteiger partial charge in [-0.2, -0.15) is 0 Å². The van der Waals surface area contributed by atoms with Crippen LogP contribution in [-0.2, 0) is 10.0 Å². The van der Waals surface area contributed by atoms with Gasteiger partial charge >= 0.3 is 0 Å². The van der Waals surface area contributed by atoms with Gasteiger partial charge in [-0.05, 0) is 38.8 Å². The Balaban J connectivity index is 0.00000169. The van der Waals surface area contributed by atoms with Crippen molar-refractivity contribution >= 4 is 22.4 Å². The topological polar surface area (TPSA) is 58.2 Å². The first-order chi connectivity index (χ1) is 5.99. The quantitative estimate of drug-likeness (QED) is 0.751. The van der Waals surface area contributed by atoms with Gasteiger partial charge in [-0.25, -0.2) is 13.1 Å². The second-order valence-corrected chi connectivity index (χ2v) is 5.57. The Kier molecular flexibility index (Phi) is 5.97. The van der Waals surface area contributed by atoms with Crippen molar-refractivity contribution in [3.8, 4) is 0 Å². The molecule has 0 aromatic heterocycles. The van der Waals surface area contributed by atoms with E-state index in [9.17, 15) is 8.42 Å². The molecule has 4 nitrogen and oxygen atoms in total. The maximum Gasteiger partial charge on any atom is 0.208 e. The fourth-order valence-corrected chi connectivity index (χ4v) is 2.61. The lowest BCUT2D eigenvalue weighted by atomic mass is 9.94. The van der Waals surface area contributed by atoms with Crippen molar-refractivity contribution in [1.29, 1.82) is 0 Å². The Hall–Kier alpha value is 0.160. The number of piperidine rings is 1. The zero-order valence-corrected chi connectivity index (χ0v) is 10.2. The van der Waals surface area contributed by atoms with Gasteiger partial charge in [0.1, 0.15) is 0 Å². The summed E-state index contributed by atoms with van der Waals surface area (Å²) in [6.07, 6.45) is 3.46. The summed E-state index contributed by atoms with van der Waals surface area (Å²) in [5, 5.41) is 3.27. The predicted octanol–water partition coefficient (Wildman–Crippen LogP) is 0.345. The molecule has 0 aliphatic carbocycles. The first kappa shape index (κ1) is 14.2. The minimum absolute atomic E-state index is 0. The van der Waals surface area contributed by atoms with Crippen molar-refractivity contribution in [2.45, 2.75) is 25.8 Å². The van der Waals surface area contributed by atoms with Gasteiger partial charge < -0.3 is 5.32 Å². The molecule has 0 bridgehead atoms. The molecule has 2 unspecified atom stereocenters. The van der Waals surface area contributed by atoms with Gasteiger partial charge in [0.2, 0.25) is 10.0 Å².